The molecule has 4 rings (SSSR count). The predicted octanol–water partition coefficient (Wildman–Crippen LogP) is 4.69. The van der Waals surface area contributed by atoms with E-state index in [1.54, 1.807) is 11.8 Å². The van der Waals surface area contributed by atoms with Crippen molar-refractivity contribution in [2.75, 3.05) is 0 Å². The summed E-state index contributed by atoms with van der Waals surface area (Å²) in [4.78, 5) is 10.1. The molecule has 0 radical (unpaired) electrons. The maximum Gasteiger partial charge on any atom is 0.137 e. The number of fused-ring (bicyclic) bond motifs is 1. The van der Waals surface area contributed by atoms with Gasteiger partial charge in [0.05, 0.1) is 11.4 Å². The monoisotopic (exact) mass is 317 g/mol. The Hall–Kier alpha value is -2.59. The van der Waals surface area contributed by atoms with Crippen molar-refractivity contribution in [2.45, 2.75) is 10.6 Å². The van der Waals surface area contributed by atoms with E-state index in [2.05, 4.69) is 39.8 Å². The number of hydrogen-bond donors (Lipinski definition) is 0. The van der Waals surface area contributed by atoms with Crippen LogP contribution in [-0.2, 0) is 5.75 Å². The van der Waals surface area contributed by atoms with Gasteiger partial charge in [0.1, 0.15) is 5.65 Å². The number of thioether (sulfide) groups is 1. The lowest BCUT2D eigenvalue weighted by Crippen LogP contribution is -1.92. The van der Waals surface area contributed by atoms with Crippen molar-refractivity contribution in [3.8, 4) is 11.3 Å². The molecule has 4 aromatic rings. The highest BCUT2D eigenvalue weighted by Crippen LogP contribution is 2.30. The van der Waals surface area contributed by atoms with Crippen molar-refractivity contribution in [3.63, 3.8) is 0 Å². The summed E-state index contributed by atoms with van der Waals surface area (Å²) in [5, 5.41) is 0. The van der Waals surface area contributed by atoms with E-state index in [0.29, 0.717) is 0 Å². The molecular formula is C19H15N3S. The van der Waals surface area contributed by atoms with Gasteiger partial charge in [-0.2, -0.15) is 0 Å². The molecule has 0 fully saturated rings. The Morgan fingerprint density at radius 3 is 2.48 bits per heavy atom. The molecule has 0 amide bonds. The number of aromatic nitrogens is 3. The maximum absolute atomic E-state index is 4.83. The molecule has 0 N–H and O–H groups in total. The Morgan fingerprint density at radius 2 is 1.65 bits per heavy atom. The topological polar surface area (TPSA) is 30.2 Å². The first-order valence-corrected chi connectivity index (χ1v) is 8.44. The smallest absolute Gasteiger partial charge is 0.137 e. The third-order valence-corrected chi connectivity index (χ3v) is 4.72. The van der Waals surface area contributed by atoms with Crippen molar-refractivity contribution in [2.24, 2.45) is 0 Å². The van der Waals surface area contributed by atoms with Crippen molar-refractivity contribution < 1.29 is 0 Å². The van der Waals surface area contributed by atoms with E-state index in [1.165, 1.54) is 10.6 Å². The Morgan fingerprint density at radius 1 is 0.870 bits per heavy atom. The van der Waals surface area contributed by atoms with Gasteiger partial charge in [0.15, 0.2) is 0 Å². The standard InChI is InChI=1S/C19H15N3S/c1-2-6-15(7-3-1)19-17(14-23-16-9-11-20-12-10-16)22-13-5-4-8-18(22)21-19/h1-13H,14H2. The first-order chi connectivity index (χ1) is 11.4. The van der Waals surface area contributed by atoms with Gasteiger partial charge in [0, 0.05) is 34.8 Å². The van der Waals surface area contributed by atoms with E-state index in [-0.39, 0.29) is 0 Å². The number of rotatable bonds is 4. The van der Waals surface area contributed by atoms with Crippen LogP contribution < -0.4 is 0 Å². The van der Waals surface area contributed by atoms with Gasteiger partial charge >= 0.3 is 0 Å². The highest BCUT2D eigenvalue weighted by Gasteiger charge is 2.13. The van der Waals surface area contributed by atoms with Crippen molar-refractivity contribution in [3.05, 3.63) is 84.9 Å². The lowest BCUT2D eigenvalue weighted by atomic mass is 10.1. The second kappa shape index (κ2) is 6.26. The van der Waals surface area contributed by atoms with Crippen LogP contribution in [0.2, 0.25) is 0 Å². The van der Waals surface area contributed by atoms with Crippen LogP contribution in [0.5, 0.6) is 0 Å². The zero-order valence-corrected chi connectivity index (χ0v) is 13.3. The van der Waals surface area contributed by atoms with Crippen LogP contribution in [0.15, 0.2) is 84.1 Å². The minimum atomic E-state index is 0.861. The van der Waals surface area contributed by atoms with Crippen LogP contribution in [0.3, 0.4) is 0 Å². The first kappa shape index (κ1) is 14.0. The number of imidazole rings is 1. The lowest BCUT2D eigenvalue weighted by Gasteiger charge is -2.05. The van der Waals surface area contributed by atoms with Crippen LogP contribution in [0.1, 0.15) is 5.69 Å². The third-order valence-electron chi connectivity index (χ3n) is 3.70. The molecule has 0 aliphatic carbocycles. The maximum atomic E-state index is 4.83. The molecule has 0 saturated heterocycles. The fourth-order valence-corrected chi connectivity index (χ4v) is 3.49. The Labute approximate surface area is 139 Å². The van der Waals surface area contributed by atoms with Gasteiger partial charge in [-0.05, 0) is 24.3 Å². The quantitative estimate of drug-likeness (QED) is 0.512. The summed E-state index contributed by atoms with van der Waals surface area (Å²) >= 11 is 1.80. The van der Waals surface area contributed by atoms with Crippen LogP contribution in [0.4, 0.5) is 0 Å². The second-order valence-corrected chi connectivity index (χ2v) is 6.22. The molecule has 23 heavy (non-hydrogen) atoms. The van der Waals surface area contributed by atoms with Gasteiger partial charge in [-0.1, -0.05) is 36.4 Å². The summed E-state index contributed by atoms with van der Waals surface area (Å²) in [6.45, 7) is 0. The normalized spacial score (nSPS) is 11.0. The first-order valence-electron chi connectivity index (χ1n) is 7.46. The van der Waals surface area contributed by atoms with E-state index >= 15 is 0 Å². The van der Waals surface area contributed by atoms with Crippen molar-refractivity contribution in [1.82, 2.24) is 14.4 Å². The largest absolute Gasteiger partial charge is 0.303 e. The number of pyridine rings is 2. The molecule has 0 unspecified atom stereocenters. The Kier molecular flexibility index (Phi) is 3.82. The highest BCUT2D eigenvalue weighted by atomic mass is 32.2. The summed E-state index contributed by atoms with van der Waals surface area (Å²) in [5.41, 5.74) is 4.41. The summed E-state index contributed by atoms with van der Waals surface area (Å²) in [6.07, 6.45) is 5.74. The number of hydrogen-bond acceptors (Lipinski definition) is 3. The molecule has 3 nitrogen and oxygen atoms in total. The molecule has 0 aliphatic heterocycles. The van der Waals surface area contributed by atoms with Gasteiger partial charge in [-0.3, -0.25) is 4.98 Å². The molecule has 0 bridgehead atoms. The van der Waals surface area contributed by atoms with Crippen LogP contribution in [0.25, 0.3) is 16.9 Å². The van der Waals surface area contributed by atoms with Crippen molar-refractivity contribution >= 4 is 17.4 Å². The molecule has 0 aliphatic rings. The highest BCUT2D eigenvalue weighted by molar-refractivity contribution is 7.98. The van der Waals surface area contributed by atoms with E-state index in [4.69, 9.17) is 4.98 Å². The minimum absolute atomic E-state index is 0.861. The Balaban J connectivity index is 1.77. The van der Waals surface area contributed by atoms with Gasteiger partial charge in [-0.15, -0.1) is 11.8 Å². The summed E-state index contributed by atoms with van der Waals surface area (Å²) in [7, 11) is 0. The molecule has 0 spiro atoms. The molecule has 3 heterocycles. The van der Waals surface area contributed by atoms with Gasteiger partial charge in [-0.25, -0.2) is 4.98 Å². The molecule has 4 heteroatoms. The van der Waals surface area contributed by atoms with Gasteiger partial charge in [0.25, 0.3) is 0 Å². The molecule has 0 atom stereocenters. The average molecular weight is 317 g/mol. The molecule has 112 valence electrons. The SMILES string of the molecule is c1ccc(-c2nc3ccccn3c2CSc2ccncc2)cc1. The van der Waals surface area contributed by atoms with Crippen LogP contribution >= 0.6 is 11.8 Å². The van der Waals surface area contributed by atoms with E-state index in [9.17, 15) is 0 Å². The van der Waals surface area contributed by atoms with Gasteiger partial charge < -0.3 is 4.40 Å². The number of nitrogens with zero attached hydrogens (tertiary/aromatic N) is 3. The second-order valence-electron chi connectivity index (χ2n) is 5.17. The number of benzene rings is 1. The molecular weight excluding hydrogens is 302 g/mol. The fourth-order valence-electron chi connectivity index (χ4n) is 2.60. The minimum Gasteiger partial charge on any atom is -0.303 e. The van der Waals surface area contributed by atoms with E-state index < -0.39 is 0 Å². The zero-order valence-electron chi connectivity index (χ0n) is 12.5. The predicted molar refractivity (Wildman–Crippen MR) is 94.4 cm³/mol. The zero-order chi connectivity index (χ0) is 15.5. The molecule has 0 saturated carbocycles. The Bertz CT molecular complexity index is 917. The van der Waals surface area contributed by atoms with E-state index in [0.717, 1.165) is 22.7 Å². The van der Waals surface area contributed by atoms with Crippen LogP contribution in [-0.4, -0.2) is 14.4 Å². The van der Waals surface area contributed by atoms with E-state index in [1.807, 2.05) is 48.8 Å². The molecule has 1 aromatic carbocycles. The van der Waals surface area contributed by atoms with Crippen molar-refractivity contribution in [1.29, 1.82) is 0 Å². The lowest BCUT2D eigenvalue weighted by molar-refractivity contribution is 1.09. The van der Waals surface area contributed by atoms with Crippen LogP contribution in [0, 0.1) is 0 Å². The summed E-state index contributed by atoms with van der Waals surface area (Å²) in [5.74, 6) is 0.861. The fraction of sp³-hybridized carbons (Fsp3) is 0.0526. The summed E-state index contributed by atoms with van der Waals surface area (Å²) in [6, 6.07) is 20.6. The van der Waals surface area contributed by atoms with Gasteiger partial charge in [0.2, 0.25) is 0 Å². The average Bonchev–Trinajstić information content (AvgIpc) is 3.00. The molecule has 3 aromatic heterocycles. The summed E-state index contributed by atoms with van der Waals surface area (Å²) < 4.78 is 2.18. The third kappa shape index (κ3) is 2.85.